The van der Waals surface area contributed by atoms with E-state index in [1.54, 1.807) is 6.07 Å². The molecule has 0 radical (unpaired) electrons. The minimum atomic E-state index is -4.51. The SMILES string of the molecule is O=C(Cc1nc2c(C(F)(F)F)cccc2[nH]1)NC1CN(C2CCCOCC2)CC1CC1CCc2ccncc21. The van der Waals surface area contributed by atoms with Gasteiger partial charge in [-0.3, -0.25) is 14.7 Å². The number of nitrogens with zero attached hydrogens (tertiary/aromatic N) is 3. The average molecular weight is 542 g/mol. The van der Waals surface area contributed by atoms with Gasteiger partial charge in [0.05, 0.1) is 17.5 Å². The Balaban J connectivity index is 1.17. The lowest BCUT2D eigenvalue weighted by molar-refractivity contribution is -0.136. The number of H-pyrrole nitrogens is 1. The lowest BCUT2D eigenvalue weighted by Gasteiger charge is -2.26. The Kier molecular flexibility index (Phi) is 7.33. The minimum absolute atomic E-state index is 0.0301. The highest BCUT2D eigenvalue weighted by molar-refractivity contribution is 5.82. The molecule has 4 heterocycles. The summed E-state index contributed by atoms with van der Waals surface area (Å²) in [4.78, 5) is 27.1. The molecule has 1 aromatic carbocycles. The topological polar surface area (TPSA) is 83.1 Å². The standard InChI is InChI=1S/C29H34F3N5O2/c30-29(31,32)23-4-1-5-24-28(23)36-26(34-24)14-27(38)35-25-17-37(21-3-2-11-39-12-9-21)16-20(25)13-19-7-6-18-8-10-33-15-22(18)19/h1,4-5,8,10,15,19-21,25H,2-3,6-7,9,11-14,16-17H2,(H,34,36)(H,35,38). The Morgan fingerprint density at radius 2 is 2.05 bits per heavy atom. The fourth-order valence-electron chi connectivity index (χ4n) is 6.79. The van der Waals surface area contributed by atoms with Gasteiger partial charge in [0.25, 0.3) is 0 Å². The molecule has 7 nitrogen and oxygen atoms in total. The fraction of sp³-hybridized carbons (Fsp3) is 0.552. The molecular formula is C29H34F3N5O2. The maximum absolute atomic E-state index is 13.4. The summed E-state index contributed by atoms with van der Waals surface area (Å²) < 4.78 is 46.0. The van der Waals surface area contributed by atoms with Gasteiger partial charge in [0, 0.05) is 50.8 Å². The van der Waals surface area contributed by atoms with E-state index in [0.717, 1.165) is 70.9 Å². The summed E-state index contributed by atoms with van der Waals surface area (Å²) in [7, 11) is 0. The van der Waals surface area contributed by atoms with Gasteiger partial charge in [-0.1, -0.05) is 6.07 Å². The van der Waals surface area contributed by atoms with Crippen molar-refractivity contribution in [3.05, 3.63) is 59.2 Å². The molecule has 39 heavy (non-hydrogen) atoms. The van der Waals surface area contributed by atoms with Gasteiger partial charge in [0.2, 0.25) is 5.91 Å². The predicted molar refractivity (Wildman–Crippen MR) is 140 cm³/mol. The van der Waals surface area contributed by atoms with E-state index < -0.39 is 11.7 Å². The van der Waals surface area contributed by atoms with E-state index in [2.05, 4.69) is 31.2 Å². The Morgan fingerprint density at radius 3 is 2.92 bits per heavy atom. The van der Waals surface area contributed by atoms with Gasteiger partial charge in [0.1, 0.15) is 11.3 Å². The van der Waals surface area contributed by atoms with Crippen LogP contribution in [0, 0.1) is 5.92 Å². The molecule has 2 saturated heterocycles. The molecule has 2 N–H and O–H groups in total. The van der Waals surface area contributed by atoms with Crippen molar-refractivity contribution in [2.75, 3.05) is 26.3 Å². The van der Waals surface area contributed by atoms with Crippen LogP contribution in [0.2, 0.25) is 0 Å². The van der Waals surface area contributed by atoms with Crippen molar-refractivity contribution in [2.24, 2.45) is 5.92 Å². The highest BCUT2D eigenvalue weighted by atomic mass is 19.4. The maximum Gasteiger partial charge on any atom is 0.418 e. The van der Waals surface area contributed by atoms with Gasteiger partial charge < -0.3 is 15.0 Å². The Labute approximate surface area is 225 Å². The number of aromatic amines is 1. The van der Waals surface area contributed by atoms with Crippen molar-refractivity contribution in [1.29, 1.82) is 0 Å². The zero-order valence-corrected chi connectivity index (χ0v) is 21.8. The van der Waals surface area contributed by atoms with E-state index in [9.17, 15) is 18.0 Å². The zero-order valence-electron chi connectivity index (χ0n) is 21.8. The first kappa shape index (κ1) is 26.3. The van der Waals surface area contributed by atoms with Gasteiger partial charge in [0.15, 0.2) is 0 Å². The summed E-state index contributed by atoms with van der Waals surface area (Å²) >= 11 is 0. The second kappa shape index (κ2) is 10.9. The summed E-state index contributed by atoms with van der Waals surface area (Å²) in [6.07, 6.45) is 5.48. The lowest BCUT2D eigenvalue weighted by Crippen LogP contribution is -2.42. The van der Waals surface area contributed by atoms with Crippen LogP contribution < -0.4 is 5.32 Å². The molecule has 1 amide bonds. The van der Waals surface area contributed by atoms with Crippen LogP contribution in [0.1, 0.15) is 60.5 Å². The quantitative estimate of drug-likeness (QED) is 0.476. The number of aryl methyl sites for hydroxylation is 1. The highest BCUT2D eigenvalue weighted by Crippen LogP contribution is 2.40. The number of likely N-dealkylation sites (tertiary alicyclic amines) is 1. The van der Waals surface area contributed by atoms with E-state index >= 15 is 0 Å². The number of amides is 1. The summed E-state index contributed by atoms with van der Waals surface area (Å²) in [5, 5.41) is 3.24. The third-order valence-corrected chi connectivity index (χ3v) is 8.68. The Hall–Kier alpha value is -2.98. The van der Waals surface area contributed by atoms with Crippen LogP contribution in [0.3, 0.4) is 0 Å². The molecule has 2 aromatic heterocycles. The van der Waals surface area contributed by atoms with Crippen molar-refractivity contribution < 1.29 is 22.7 Å². The molecule has 4 atom stereocenters. The van der Waals surface area contributed by atoms with Crippen molar-refractivity contribution >= 4 is 16.9 Å². The second-order valence-corrected chi connectivity index (χ2v) is 11.2. The fourth-order valence-corrected chi connectivity index (χ4v) is 6.79. The molecule has 4 unspecified atom stereocenters. The number of pyridine rings is 1. The molecular weight excluding hydrogens is 507 g/mol. The number of halogens is 3. The number of para-hydroxylation sites is 1. The van der Waals surface area contributed by atoms with E-state index in [4.69, 9.17) is 4.74 Å². The summed E-state index contributed by atoms with van der Waals surface area (Å²) in [6, 6.07) is 6.43. The second-order valence-electron chi connectivity index (χ2n) is 11.2. The molecule has 3 aromatic rings. The van der Waals surface area contributed by atoms with Crippen molar-refractivity contribution in [3.63, 3.8) is 0 Å². The molecule has 6 rings (SSSR count). The summed E-state index contributed by atoms with van der Waals surface area (Å²) in [5.74, 6) is 0.716. The molecule has 1 aliphatic carbocycles. The number of aromatic nitrogens is 3. The number of hydrogen-bond acceptors (Lipinski definition) is 5. The summed E-state index contributed by atoms with van der Waals surface area (Å²) in [6.45, 7) is 3.25. The first-order valence-corrected chi connectivity index (χ1v) is 13.9. The number of benzene rings is 1. The molecule has 0 spiro atoms. The third kappa shape index (κ3) is 5.68. The van der Waals surface area contributed by atoms with Crippen molar-refractivity contribution in [2.45, 2.75) is 69.1 Å². The van der Waals surface area contributed by atoms with Crippen LogP contribution in [-0.2, 0) is 28.5 Å². The molecule has 0 bridgehead atoms. The van der Waals surface area contributed by atoms with E-state index in [1.807, 2.05) is 12.4 Å². The van der Waals surface area contributed by atoms with Crippen LogP contribution in [0.25, 0.3) is 11.0 Å². The predicted octanol–water partition coefficient (Wildman–Crippen LogP) is 4.63. The zero-order chi connectivity index (χ0) is 27.0. The van der Waals surface area contributed by atoms with Crippen molar-refractivity contribution in [3.8, 4) is 0 Å². The lowest BCUT2D eigenvalue weighted by atomic mass is 9.88. The number of alkyl halides is 3. The van der Waals surface area contributed by atoms with Gasteiger partial charge >= 0.3 is 6.18 Å². The molecule has 3 aliphatic rings. The molecule has 2 fully saturated rings. The van der Waals surface area contributed by atoms with Crippen LogP contribution >= 0.6 is 0 Å². The monoisotopic (exact) mass is 541 g/mol. The largest absolute Gasteiger partial charge is 0.418 e. The molecule has 208 valence electrons. The van der Waals surface area contributed by atoms with Crippen molar-refractivity contribution in [1.82, 2.24) is 25.2 Å². The van der Waals surface area contributed by atoms with E-state index in [0.29, 0.717) is 12.0 Å². The first-order chi connectivity index (χ1) is 18.8. The summed E-state index contributed by atoms with van der Waals surface area (Å²) in [5.41, 5.74) is 2.03. The number of carbonyl (C=O) groups excluding carboxylic acids is 1. The Morgan fingerprint density at radius 1 is 1.15 bits per heavy atom. The number of fused-ring (bicyclic) bond motifs is 2. The van der Waals surface area contributed by atoms with E-state index in [-0.39, 0.29) is 41.1 Å². The average Bonchev–Trinajstić information content (AvgIpc) is 3.54. The van der Waals surface area contributed by atoms with Crippen LogP contribution in [0.5, 0.6) is 0 Å². The van der Waals surface area contributed by atoms with Crippen LogP contribution in [0.4, 0.5) is 13.2 Å². The van der Waals surface area contributed by atoms with Gasteiger partial charge in [-0.2, -0.15) is 13.2 Å². The number of hydrogen-bond donors (Lipinski definition) is 2. The van der Waals surface area contributed by atoms with Gasteiger partial charge in [-0.25, -0.2) is 4.98 Å². The normalized spacial score (nSPS) is 26.0. The minimum Gasteiger partial charge on any atom is -0.381 e. The number of carbonyl (C=O) groups is 1. The molecule has 2 aliphatic heterocycles. The number of nitrogens with one attached hydrogen (secondary N) is 2. The highest BCUT2D eigenvalue weighted by Gasteiger charge is 2.39. The number of ether oxygens (including phenoxy) is 1. The van der Waals surface area contributed by atoms with Crippen LogP contribution in [-0.4, -0.2) is 64.1 Å². The van der Waals surface area contributed by atoms with Gasteiger partial charge in [-0.15, -0.1) is 0 Å². The first-order valence-electron chi connectivity index (χ1n) is 13.9. The van der Waals surface area contributed by atoms with Crippen LogP contribution in [0.15, 0.2) is 36.7 Å². The maximum atomic E-state index is 13.4. The number of imidazole rings is 1. The van der Waals surface area contributed by atoms with Gasteiger partial charge in [-0.05, 0) is 79.7 Å². The third-order valence-electron chi connectivity index (χ3n) is 8.68. The smallest absolute Gasteiger partial charge is 0.381 e. The molecule has 10 heteroatoms. The molecule has 0 saturated carbocycles. The number of rotatable bonds is 6. The van der Waals surface area contributed by atoms with E-state index in [1.165, 1.54) is 17.2 Å². The Bertz CT molecular complexity index is 1320.